The largest absolute Gasteiger partial charge is 0.378 e. The van der Waals surface area contributed by atoms with E-state index in [-0.39, 0.29) is 12.3 Å². The molecule has 0 atom stereocenters. The van der Waals surface area contributed by atoms with Gasteiger partial charge in [0.2, 0.25) is 0 Å². The van der Waals surface area contributed by atoms with Crippen LogP contribution in [0.15, 0.2) is 24.3 Å². The highest BCUT2D eigenvalue weighted by molar-refractivity contribution is 5.95. The Hall–Kier alpha value is -1.86. The first kappa shape index (κ1) is 11.6. The molecule has 4 nitrogen and oxygen atoms in total. The van der Waals surface area contributed by atoms with Crippen LogP contribution in [0.4, 0.5) is 0 Å². The topological polar surface area (TPSA) is 53.3 Å². The van der Waals surface area contributed by atoms with Gasteiger partial charge in [-0.1, -0.05) is 18.2 Å². The summed E-state index contributed by atoms with van der Waals surface area (Å²) in [5.74, 6) is -0.000787. The molecule has 0 aromatic heterocycles. The number of morpholine rings is 1. The van der Waals surface area contributed by atoms with E-state index in [9.17, 15) is 4.79 Å². The lowest BCUT2D eigenvalue weighted by Crippen LogP contribution is -2.41. The molecule has 0 aliphatic carbocycles. The molecule has 1 aromatic rings. The first-order valence-corrected chi connectivity index (χ1v) is 5.65. The summed E-state index contributed by atoms with van der Waals surface area (Å²) in [5, 5.41) is 8.74. The summed E-state index contributed by atoms with van der Waals surface area (Å²) in [6.07, 6.45) is 0.270. The molecule has 1 fully saturated rings. The molecular weight excluding hydrogens is 216 g/mol. The Bertz CT molecular complexity index is 445. The van der Waals surface area contributed by atoms with Gasteiger partial charge in [0.25, 0.3) is 5.91 Å². The van der Waals surface area contributed by atoms with Crippen LogP contribution >= 0.6 is 0 Å². The average Bonchev–Trinajstić information content (AvgIpc) is 2.40. The van der Waals surface area contributed by atoms with Crippen molar-refractivity contribution in [3.8, 4) is 6.07 Å². The summed E-state index contributed by atoms with van der Waals surface area (Å²) in [4.78, 5) is 14.0. The van der Waals surface area contributed by atoms with Crippen LogP contribution in [0, 0.1) is 11.3 Å². The minimum absolute atomic E-state index is 0.000787. The highest BCUT2D eigenvalue weighted by Crippen LogP contribution is 2.13. The quantitative estimate of drug-likeness (QED) is 0.767. The Morgan fingerprint density at radius 2 is 2.06 bits per heavy atom. The second-order valence-corrected chi connectivity index (χ2v) is 3.90. The third-order valence-electron chi connectivity index (χ3n) is 2.82. The zero-order chi connectivity index (χ0) is 12.1. The van der Waals surface area contributed by atoms with Gasteiger partial charge < -0.3 is 9.64 Å². The minimum atomic E-state index is -0.000787. The molecule has 88 valence electrons. The van der Waals surface area contributed by atoms with Crippen molar-refractivity contribution >= 4 is 5.91 Å². The zero-order valence-electron chi connectivity index (χ0n) is 9.56. The smallest absolute Gasteiger partial charge is 0.254 e. The molecule has 0 unspecified atom stereocenters. The normalized spacial score (nSPS) is 15.4. The number of carbonyl (C=O) groups is 1. The standard InChI is InChI=1S/C13H14N2O2/c14-6-5-11-3-1-2-4-12(11)13(16)15-7-9-17-10-8-15/h1-4H,5,7-10H2. The molecule has 17 heavy (non-hydrogen) atoms. The molecule has 0 saturated carbocycles. The number of ether oxygens (including phenoxy) is 1. The number of amides is 1. The average molecular weight is 230 g/mol. The minimum Gasteiger partial charge on any atom is -0.378 e. The fourth-order valence-corrected chi connectivity index (χ4v) is 1.91. The molecular formula is C13H14N2O2. The lowest BCUT2D eigenvalue weighted by molar-refractivity contribution is 0.0302. The van der Waals surface area contributed by atoms with Crippen molar-refractivity contribution in [2.24, 2.45) is 0 Å². The van der Waals surface area contributed by atoms with Gasteiger partial charge in [-0.25, -0.2) is 0 Å². The first-order valence-electron chi connectivity index (χ1n) is 5.65. The van der Waals surface area contributed by atoms with Gasteiger partial charge in [-0.3, -0.25) is 4.79 Å². The van der Waals surface area contributed by atoms with E-state index in [1.54, 1.807) is 11.0 Å². The van der Waals surface area contributed by atoms with Crippen molar-refractivity contribution in [2.75, 3.05) is 26.3 Å². The fourth-order valence-electron chi connectivity index (χ4n) is 1.91. The highest BCUT2D eigenvalue weighted by atomic mass is 16.5. The monoisotopic (exact) mass is 230 g/mol. The predicted molar refractivity (Wildman–Crippen MR) is 62.5 cm³/mol. The Balaban J connectivity index is 2.20. The fraction of sp³-hybridized carbons (Fsp3) is 0.385. The Labute approximate surface area is 100 Å². The van der Waals surface area contributed by atoms with Crippen LogP contribution in [0.1, 0.15) is 15.9 Å². The summed E-state index contributed by atoms with van der Waals surface area (Å²) < 4.78 is 5.22. The summed E-state index contributed by atoms with van der Waals surface area (Å²) >= 11 is 0. The van der Waals surface area contributed by atoms with E-state index >= 15 is 0 Å². The van der Waals surface area contributed by atoms with Crippen LogP contribution in [-0.2, 0) is 11.2 Å². The number of carbonyl (C=O) groups excluding carboxylic acids is 1. The molecule has 0 N–H and O–H groups in total. The second-order valence-electron chi connectivity index (χ2n) is 3.90. The van der Waals surface area contributed by atoms with Gasteiger partial charge in [0.1, 0.15) is 0 Å². The predicted octanol–water partition coefficient (Wildman–Crippen LogP) is 1.23. The molecule has 0 radical (unpaired) electrons. The molecule has 1 saturated heterocycles. The molecule has 2 rings (SSSR count). The van der Waals surface area contributed by atoms with E-state index in [1.165, 1.54) is 0 Å². The number of hydrogen-bond acceptors (Lipinski definition) is 3. The van der Waals surface area contributed by atoms with Gasteiger partial charge in [0.15, 0.2) is 0 Å². The third kappa shape index (κ3) is 2.63. The van der Waals surface area contributed by atoms with Gasteiger partial charge in [0, 0.05) is 18.7 Å². The lowest BCUT2D eigenvalue weighted by Gasteiger charge is -2.27. The zero-order valence-corrected chi connectivity index (χ0v) is 9.56. The van der Waals surface area contributed by atoms with E-state index in [4.69, 9.17) is 10.00 Å². The lowest BCUT2D eigenvalue weighted by atomic mass is 10.0. The number of rotatable bonds is 2. The number of benzene rings is 1. The van der Waals surface area contributed by atoms with Crippen molar-refractivity contribution in [3.63, 3.8) is 0 Å². The van der Waals surface area contributed by atoms with Crippen LogP contribution < -0.4 is 0 Å². The SMILES string of the molecule is N#CCc1ccccc1C(=O)N1CCOCC1. The van der Waals surface area contributed by atoms with Crippen molar-refractivity contribution in [1.29, 1.82) is 5.26 Å². The van der Waals surface area contributed by atoms with Crippen LogP contribution in [0.25, 0.3) is 0 Å². The van der Waals surface area contributed by atoms with Crippen molar-refractivity contribution < 1.29 is 9.53 Å². The number of nitrogens with zero attached hydrogens (tertiary/aromatic N) is 2. The maximum absolute atomic E-state index is 12.3. The third-order valence-corrected chi connectivity index (χ3v) is 2.82. The Kier molecular flexibility index (Phi) is 3.73. The summed E-state index contributed by atoms with van der Waals surface area (Å²) in [6, 6.07) is 9.38. The Morgan fingerprint density at radius 1 is 1.35 bits per heavy atom. The van der Waals surface area contributed by atoms with Crippen LogP contribution in [-0.4, -0.2) is 37.1 Å². The van der Waals surface area contributed by atoms with E-state index in [0.29, 0.717) is 31.9 Å². The summed E-state index contributed by atoms with van der Waals surface area (Å²) in [7, 11) is 0. The van der Waals surface area contributed by atoms with E-state index in [1.807, 2.05) is 18.2 Å². The van der Waals surface area contributed by atoms with Crippen molar-refractivity contribution in [1.82, 2.24) is 4.90 Å². The first-order chi connectivity index (χ1) is 8.33. The van der Waals surface area contributed by atoms with E-state index in [2.05, 4.69) is 6.07 Å². The maximum atomic E-state index is 12.3. The molecule has 0 bridgehead atoms. The van der Waals surface area contributed by atoms with Crippen LogP contribution in [0.5, 0.6) is 0 Å². The van der Waals surface area contributed by atoms with Gasteiger partial charge in [-0.15, -0.1) is 0 Å². The van der Waals surface area contributed by atoms with E-state index in [0.717, 1.165) is 5.56 Å². The number of hydrogen-bond donors (Lipinski definition) is 0. The van der Waals surface area contributed by atoms with Gasteiger partial charge in [-0.2, -0.15) is 5.26 Å². The molecule has 0 spiro atoms. The Morgan fingerprint density at radius 3 is 2.76 bits per heavy atom. The molecule has 1 aliphatic heterocycles. The highest BCUT2D eigenvalue weighted by Gasteiger charge is 2.20. The number of nitriles is 1. The summed E-state index contributed by atoms with van der Waals surface area (Å²) in [5.41, 5.74) is 1.43. The van der Waals surface area contributed by atoms with E-state index < -0.39 is 0 Å². The molecule has 1 amide bonds. The molecule has 1 heterocycles. The second kappa shape index (κ2) is 5.46. The maximum Gasteiger partial charge on any atom is 0.254 e. The molecule has 1 aliphatic rings. The van der Waals surface area contributed by atoms with Crippen LogP contribution in [0.3, 0.4) is 0 Å². The molecule has 4 heteroatoms. The summed E-state index contributed by atoms with van der Waals surface area (Å²) in [6.45, 7) is 2.43. The van der Waals surface area contributed by atoms with Gasteiger partial charge >= 0.3 is 0 Å². The van der Waals surface area contributed by atoms with Gasteiger partial charge in [0.05, 0.1) is 25.7 Å². The van der Waals surface area contributed by atoms with Crippen molar-refractivity contribution in [2.45, 2.75) is 6.42 Å². The van der Waals surface area contributed by atoms with Crippen LogP contribution in [0.2, 0.25) is 0 Å². The van der Waals surface area contributed by atoms with Crippen molar-refractivity contribution in [3.05, 3.63) is 35.4 Å². The van der Waals surface area contributed by atoms with Gasteiger partial charge in [-0.05, 0) is 11.6 Å². The molecule has 1 aromatic carbocycles.